The van der Waals surface area contributed by atoms with Gasteiger partial charge in [0.1, 0.15) is 0 Å². The standard InChI is InChI=1S/C8H16N4O2/c1-5(10-4-7(9)12-14)8(13)11-6-2-3-6/h5-6,10,14H,2-4H2,1H3,(H2,9,12)(H,11,13). The van der Waals surface area contributed by atoms with Crippen LogP contribution in [0.15, 0.2) is 5.16 Å². The van der Waals surface area contributed by atoms with Crippen molar-refractivity contribution < 1.29 is 10.0 Å². The van der Waals surface area contributed by atoms with Gasteiger partial charge in [-0.15, -0.1) is 0 Å². The van der Waals surface area contributed by atoms with E-state index in [2.05, 4.69) is 15.8 Å². The Morgan fingerprint density at radius 1 is 1.71 bits per heavy atom. The highest BCUT2D eigenvalue weighted by molar-refractivity contribution is 5.84. The fraction of sp³-hybridized carbons (Fsp3) is 0.750. The highest BCUT2D eigenvalue weighted by Crippen LogP contribution is 2.18. The van der Waals surface area contributed by atoms with Gasteiger partial charge < -0.3 is 16.3 Å². The number of hydrogen-bond acceptors (Lipinski definition) is 4. The predicted octanol–water partition coefficient (Wildman–Crippen LogP) is -1.01. The molecule has 0 aromatic heterocycles. The molecule has 1 fully saturated rings. The first kappa shape index (κ1) is 10.8. The van der Waals surface area contributed by atoms with Gasteiger partial charge in [-0.05, 0) is 19.8 Å². The minimum absolute atomic E-state index is 0.0433. The summed E-state index contributed by atoms with van der Waals surface area (Å²) in [5.41, 5.74) is 5.24. The quantitative estimate of drug-likeness (QED) is 0.198. The molecule has 6 nitrogen and oxygen atoms in total. The Hall–Kier alpha value is -1.30. The van der Waals surface area contributed by atoms with Crippen molar-refractivity contribution in [2.45, 2.75) is 31.8 Å². The van der Waals surface area contributed by atoms with E-state index in [4.69, 9.17) is 10.9 Å². The normalized spacial score (nSPS) is 19.1. The second-order valence-electron chi connectivity index (χ2n) is 3.48. The number of carbonyl (C=O) groups is 1. The molecule has 1 unspecified atom stereocenters. The molecule has 1 atom stereocenters. The van der Waals surface area contributed by atoms with E-state index in [0.717, 1.165) is 12.8 Å². The Morgan fingerprint density at radius 2 is 2.36 bits per heavy atom. The van der Waals surface area contributed by atoms with Crippen LogP contribution in [-0.2, 0) is 4.79 Å². The number of amidine groups is 1. The predicted molar refractivity (Wildman–Crippen MR) is 52.0 cm³/mol. The first-order valence-electron chi connectivity index (χ1n) is 4.63. The van der Waals surface area contributed by atoms with Crippen LogP contribution >= 0.6 is 0 Å². The fourth-order valence-corrected chi connectivity index (χ4v) is 0.940. The topological polar surface area (TPSA) is 99.7 Å². The van der Waals surface area contributed by atoms with Gasteiger partial charge in [0.2, 0.25) is 5.91 Å². The lowest BCUT2D eigenvalue weighted by Crippen LogP contribution is -2.45. The van der Waals surface area contributed by atoms with Crippen molar-refractivity contribution in [1.82, 2.24) is 10.6 Å². The molecule has 0 spiro atoms. The van der Waals surface area contributed by atoms with Crippen molar-refractivity contribution >= 4 is 11.7 Å². The summed E-state index contributed by atoms with van der Waals surface area (Å²) in [6, 6.07) is 0.0338. The molecule has 0 aromatic rings. The van der Waals surface area contributed by atoms with E-state index in [1.54, 1.807) is 6.92 Å². The number of amides is 1. The van der Waals surface area contributed by atoms with Crippen molar-refractivity contribution in [3.05, 3.63) is 0 Å². The van der Waals surface area contributed by atoms with E-state index in [0.29, 0.717) is 6.04 Å². The maximum Gasteiger partial charge on any atom is 0.237 e. The van der Waals surface area contributed by atoms with Crippen molar-refractivity contribution in [3.63, 3.8) is 0 Å². The first-order chi connectivity index (χ1) is 6.63. The minimum Gasteiger partial charge on any atom is -0.409 e. The zero-order valence-electron chi connectivity index (χ0n) is 8.16. The Balaban J connectivity index is 2.18. The highest BCUT2D eigenvalue weighted by Gasteiger charge is 2.25. The number of nitrogens with two attached hydrogens (primary N) is 1. The van der Waals surface area contributed by atoms with Gasteiger partial charge in [-0.2, -0.15) is 0 Å². The Morgan fingerprint density at radius 3 is 2.86 bits per heavy atom. The lowest BCUT2D eigenvalue weighted by molar-refractivity contribution is -0.122. The molecule has 1 rings (SSSR count). The van der Waals surface area contributed by atoms with Crippen LogP contribution in [0, 0.1) is 0 Å². The Kier molecular flexibility index (Phi) is 3.70. The van der Waals surface area contributed by atoms with Crippen LogP contribution in [0.2, 0.25) is 0 Å². The third-order valence-electron chi connectivity index (χ3n) is 2.03. The Bertz CT molecular complexity index is 237. The molecule has 6 heteroatoms. The van der Waals surface area contributed by atoms with Crippen molar-refractivity contribution in [3.8, 4) is 0 Å². The minimum atomic E-state index is -0.323. The van der Waals surface area contributed by atoms with Gasteiger partial charge in [0.25, 0.3) is 0 Å². The smallest absolute Gasteiger partial charge is 0.237 e. The van der Waals surface area contributed by atoms with Gasteiger partial charge in [-0.3, -0.25) is 10.1 Å². The molecule has 0 aromatic carbocycles. The molecule has 0 aliphatic heterocycles. The summed E-state index contributed by atoms with van der Waals surface area (Å²) in [7, 11) is 0. The van der Waals surface area contributed by atoms with Crippen LogP contribution in [-0.4, -0.2) is 35.6 Å². The van der Waals surface area contributed by atoms with Crippen LogP contribution in [0.25, 0.3) is 0 Å². The number of oxime groups is 1. The summed E-state index contributed by atoms with van der Waals surface area (Å²) < 4.78 is 0. The van der Waals surface area contributed by atoms with Gasteiger partial charge in [0, 0.05) is 6.04 Å². The number of hydrogen-bond donors (Lipinski definition) is 4. The second-order valence-corrected chi connectivity index (χ2v) is 3.48. The Labute approximate surface area is 82.5 Å². The van der Waals surface area contributed by atoms with Crippen LogP contribution in [0.1, 0.15) is 19.8 Å². The lowest BCUT2D eigenvalue weighted by atomic mass is 10.3. The summed E-state index contributed by atoms with van der Waals surface area (Å²) >= 11 is 0. The third-order valence-corrected chi connectivity index (χ3v) is 2.03. The lowest BCUT2D eigenvalue weighted by Gasteiger charge is -2.12. The summed E-state index contributed by atoms with van der Waals surface area (Å²) in [5.74, 6) is 0.0225. The second kappa shape index (κ2) is 4.80. The van der Waals surface area contributed by atoms with Gasteiger partial charge in [0.05, 0.1) is 12.6 Å². The van der Waals surface area contributed by atoms with Crippen molar-refractivity contribution in [1.29, 1.82) is 0 Å². The molecule has 0 radical (unpaired) electrons. The first-order valence-corrected chi connectivity index (χ1v) is 4.63. The summed E-state index contributed by atoms with van der Waals surface area (Å²) in [5, 5.41) is 16.7. The van der Waals surface area contributed by atoms with Gasteiger partial charge in [-0.1, -0.05) is 5.16 Å². The molecule has 0 bridgehead atoms. The fourth-order valence-electron chi connectivity index (χ4n) is 0.940. The zero-order chi connectivity index (χ0) is 10.6. The maximum absolute atomic E-state index is 11.4. The third kappa shape index (κ3) is 3.61. The number of nitrogens with one attached hydrogen (secondary N) is 2. The SMILES string of the molecule is CC(NCC(N)=NO)C(=O)NC1CC1. The molecule has 1 aliphatic carbocycles. The van der Waals surface area contributed by atoms with Crippen LogP contribution in [0.5, 0.6) is 0 Å². The molecule has 0 heterocycles. The molecule has 1 amide bonds. The van der Waals surface area contributed by atoms with Gasteiger partial charge >= 0.3 is 0 Å². The zero-order valence-corrected chi connectivity index (χ0v) is 8.16. The van der Waals surface area contributed by atoms with Gasteiger partial charge in [-0.25, -0.2) is 0 Å². The van der Waals surface area contributed by atoms with E-state index in [1.807, 2.05) is 0 Å². The molecule has 1 saturated carbocycles. The summed E-state index contributed by atoms with van der Waals surface area (Å²) in [6.45, 7) is 1.94. The van der Waals surface area contributed by atoms with E-state index in [-0.39, 0.29) is 24.3 Å². The van der Waals surface area contributed by atoms with Crippen LogP contribution in [0.4, 0.5) is 0 Å². The number of nitrogens with zero attached hydrogens (tertiary/aromatic N) is 1. The van der Waals surface area contributed by atoms with Crippen LogP contribution in [0.3, 0.4) is 0 Å². The largest absolute Gasteiger partial charge is 0.409 e. The van der Waals surface area contributed by atoms with Gasteiger partial charge in [0.15, 0.2) is 5.84 Å². The van der Waals surface area contributed by atoms with E-state index in [1.165, 1.54) is 0 Å². The number of carbonyl (C=O) groups excluding carboxylic acids is 1. The van der Waals surface area contributed by atoms with Crippen molar-refractivity contribution in [2.75, 3.05) is 6.54 Å². The molecule has 14 heavy (non-hydrogen) atoms. The van der Waals surface area contributed by atoms with E-state index < -0.39 is 0 Å². The van der Waals surface area contributed by atoms with E-state index >= 15 is 0 Å². The molecular weight excluding hydrogens is 184 g/mol. The van der Waals surface area contributed by atoms with E-state index in [9.17, 15) is 4.79 Å². The summed E-state index contributed by atoms with van der Waals surface area (Å²) in [4.78, 5) is 11.4. The number of rotatable bonds is 5. The maximum atomic E-state index is 11.4. The van der Waals surface area contributed by atoms with Crippen molar-refractivity contribution in [2.24, 2.45) is 10.9 Å². The van der Waals surface area contributed by atoms with Crippen LogP contribution < -0.4 is 16.4 Å². The molecule has 80 valence electrons. The molecule has 0 saturated heterocycles. The molecule has 5 N–H and O–H groups in total. The average molecular weight is 200 g/mol. The average Bonchev–Trinajstić information content (AvgIpc) is 2.97. The molecular formula is C8H16N4O2. The summed E-state index contributed by atoms with van der Waals surface area (Å²) in [6.07, 6.45) is 2.14. The molecule has 1 aliphatic rings. The highest BCUT2D eigenvalue weighted by atomic mass is 16.4. The monoisotopic (exact) mass is 200 g/mol.